The van der Waals surface area contributed by atoms with Crippen LogP contribution in [0.3, 0.4) is 0 Å². The Hall–Kier alpha value is -4.19. The maximum Gasteiger partial charge on any atom is 0.249 e. The molecule has 1 saturated carbocycles. The summed E-state index contributed by atoms with van der Waals surface area (Å²) in [5, 5.41) is 14.6. The van der Waals surface area contributed by atoms with Crippen molar-refractivity contribution in [2.24, 2.45) is 0 Å². The largest absolute Gasteiger partial charge is 0.379 e. The third-order valence-corrected chi connectivity index (χ3v) is 6.49. The molecule has 0 unspecified atom stereocenters. The highest BCUT2D eigenvalue weighted by molar-refractivity contribution is 5.65. The van der Waals surface area contributed by atoms with Crippen LogP contribution in [0.1, 0.15) is 41.7 Å². The van der Waals surface area contributed by atoms with Crippen LogP contribution in [0.25, 0.3) is 28.4 Å². The predicted octanol–water partition coefficient (Wildman–Crippen LogP) is 4.75. The van der Waals surface area contributed by atoms with Crippen molar-refractivity contribution in [3.63, 3.8) is 0 Å². The lowest BCUT2D eigenvalue weighted by atomic mass is 9.81. The molecule has 190 valence electrons. The van der Waals surface area contributed by atoms with Gasteiger partial charge in [-0.1, -0.05) is 17.3 Å². The number of pyridine rings is 1. The molecule has 10 nitrogen and oxygen atoms in total. The van der Waals surface area contributed by atoms with Crippen LogP contribution in [-0.4, -0.2) is 47.7 Å². The molecule has 1 aliphatic carbocycles. The predicted molar refractivity (Wildman–Crippen MR) is 130 cm³/mol. The smallest absolute Gasteiger partial charge is 0.249 e. The third-order valence-electron chi connectivity index (χ3n) is 6.49. The number of anilines is 1. The van der Waals surface area contributed by atoms with Gasteiger partial charge in [-0.05, 0) is 30.7 Å². The number of hydrogen-bond acceptors (Lipinski definition) is 8. The van der Waals surface area contributed by atoms with E-state index >= 15 is 0 Å². The molecule has 0 amide bonds. The van der Waals surface area contributed by atoms with E-state index in [4.69, 9.17) is 9.26 Å². The van der Waals surface area contributed by atoms with E-state index in [2.05, 4.69) is 35.6 Å². The minimum atomic E-state index is -2.64. The van der Waals surface area contributed by atoms with E-state index in [9.17, 15) is 8.78 Å². The molecule has 6 rings (SSSR count). The van der Waals surface area contributed by atoms with E-state index in [0.29, 0.717) is 30.6 Å². The number of imidazole rings is 1. The van der Waals surface area contributed by atoms with Gasteiger partial charge in [0, 0.05) is 48.9 Å². The molecular formula is C25H24F2N8O2. The first-order valence-corrected chi connectivity index (χ1v) is 11.8. The van der Waals surface area contributed by atoms with Crippen molar-refractivity contribution < 1.29 is 18.0 Å². The minimum Gasteiger partial charge on any atom is -0.379 e. The Bertz CT molecular complexity index is 1570. The van der Waals surface area contributed by atoms with Crippen molar-refractivity contribution in [1.29, 1.82) is 0 Å². The highest BCUT2D eigenvalue weighted by Gasteiger charge is 2.48. The van der Waals surface area contributed by atoms with Gasteiger partial charge in [-0.2, -0.15) is 10.1 Å². The monoisotopic (exact) mass is 506 g/mol. The summed E-state index contributed by atoms with van der Waals surface area (Å²) in [5.74, 6) is -1.15. The lowest BCUT2D eigenvalue weighted by Gasteiger charge is -2.31. The summed E-state index contributed by atoms with van der Waals surface area (Å²) >= 11 is 0. The number of methoxy groups -OCH3 is 1. The van der Waals surface area contributed by atoms with Crippen molar-refractivity contribution in [3.05, 3.63) is 65.7 Å². The molecule has 0 saturated heterocycles. The maximum absolute atomic E-state index is 13.2. The van der Waals surface area contributed by atoms with E-state index in [0.717, 1.165) is 33.7 Å². The molecule has 5 aromatic rings. The number of H-pyrrole nitrogens is 1. The molecule has 0 spiro atoms. The zero-order valence-corrected chi connectivity index (χ0v) is 20.2. The van der Waals surface area contributed by atoms with Gasteiger partial charge in [-0.15, -0.1) is 0 Å². The van der Waals surface area contributed by atoms with Crippen LogP contribution < -0.4 is 5.32 Å². The second kappa shape index (κ2) is 9.04. The molecule has 1 aromatic carbocycles. The zero-order chi connectivity index (χ0) is 25.6. The van der Waals surface area contributed by atoms with Gasteiger partial charge in [0.1, 0.15) is 12.3 Å². The van der Waals surface area contributed by atoms with Gasteiger partial charge in [0.05, 0.1) is 18.4 Å². The summed E-state index contributed by atoms with van der Waals surface area (Å²) in [5.41, 5.74) is 5.27. The Morgan fingerprint density at radius 1 is 1.16 bits per heavy atom. The quantitative estimate of drug-likeness (QED) is 0.310. The Labute approximate surface area is 210 Å². The number of aryl methyl sites for hydroxylation is 1. The second-order valence-corrected chi connectivity index (χ2v) is 9.23. The molecule has 0 aliphatic heterocycles. The number of fused-ring (bicyclic) bond motifs is 1. The van der Waals surface area contributed by atoms with Crippen molar-refractivity contribution in [2.45, 2.75) is 44.8 Å². The summed E-state index contributed by atoms with van der Waals surface area (Å²) in [4.78, 5) is 13.3. The summed E-state index contributed by atoms with van der Waals surface area (Å²) in [6, 6.07) is 9.62. The van der Waals surface area contributed by atoms with Crippen LogP contribution in [0.2, 0.25) is 0 Å². The van der Waals surface area contributed by atoms with Gasteiger partial charge in [0.15, 0.2) is 11.6 Å². The molecule has 4 aromatic heterocycles. The van der Waals surface area contributed by atoms with Crippen molar-refractivity contribution in [1.82, 2.24) is 34.7 Å². The molecular weight excluding hydrogens is 482 g/mol. The normalized spacial score (nSPS) is 15.2. The van der Waals surface area contributed by atoms with Crippen LogP contribution in [0.4, 0.5) is 14.5 Å². The summed E-state index contributed by atoms with van der Waals surface area (Å²) in [7, 11) is 1.61. The van der Waals surface area contributed by atoms with Gasteiger partial charge < -0.3 is 19.0 Å². The molecule has 0 radical (unpaired) electrons. The van der Waals surface area contributed by atoms with E-state index in [1.54, 1.807) is 7.11 Å². The number of hydrogen-bond donors (Lipinski definition) is 2. The summed E-state index contributed by atoms with van der Waals surface area (Å²) in [6.07, 6.45) is 3.27. The van der Waals surface area contributed by atoms with Crippen molar-refractivity contribution in [2.75, 3.05) is 12.4 Å². The molecule has 2 N–H and O–H groups in total. The number of ether oxygens (including phenoxy) is 1. The van der Waals surface area contributed by atoms with E-state index < -0.39 is 5.92 Å². The lowest BCUT2D eigenvalue weighted by Crippen LogP contribution is -2.33. The summed E-state index contributed by atoms with van der Waals surface area (Å²) < 4.78 is 38.8. The Morgan fingerprint density at radius 2 is 2.00 bits per heavy atom. The average molecular weight is 507 g/mol. The third kappa shape index (κ3) is 4.55. The maximum atomic E-state index is 13.2. The van der Waals surface area contributed by atoms with E-state index in [1.807, 2.05) is 54.0 Å². The standard InChI is InChI=1S/C25H24F2N8O2/c1-14-3-4-15(23-31-24(37-34-23)17-8-25(26,27)9-17)7-19(14)28-10-18-11-29-21-6-5-16(12-35(18)21)22-30-20(13-36-2)32-33-22/h3-7,11-12,17,28H,8-10,13H2,1-2H3,(H,30,32,33). The molecule has 1 fully saturated rings. The summed E-state index contributed by atoms with van der Waals surface area (Å²) in [6.45, 7) is 2.86. The van der Waals surface area contributed by atoms with Gasteiger partial charge >= 0.3 is 0 Å². The molecule has 12 heteroatoms. The number of nitrogens with zero attached hydrogens (tertiary/aromatic N) is 6. The molecule has 4 heterocycles. The van der Waals surface area contributed by atoms with Crippen LogP contribution >= 0.6 is 0 Å². The van der Waals surface area contributed by atoms with Gasteiger partial charge in [0.25, 0.3) is 0 Å². The first kappa shape index (κ1) is 23.2. The van der Waals surface area contributed by atoms with E-state index in [1.165, 1.54) is 0 Å². The molecule has 0 bridgehead atoms. The van der Waals surface area contributed by atoms with Gasteiger partial charge in [0.2, 0.25) is 17.6 Å². The Morgan fingerprint density at radius 3 is 2.81 bits per heavy atom. The van der Waals surface area contributed by atoms with E-state index in [-0.39, 0.29) is 24.7 Å². The van der Waals surface area contributed by atoms with Crippen LogP contribution in [0.5, 0.6) is 0 Å². The number of alkyl halides is 2. The van der Waals surface area contributed by atoms with Gasteiger partial charge in [-0.3, -0.25) is 5.10 Å². The Kier molecular flexibility index (Phi) is 5.67. The number of benzene rings is 1. The van der Waals surface area contributed by atoms with Crippen LogP contribution in [-0.2, 0) is 17.9 Å². The number of nitrogens with one attached hydrogen (secondary N) is 2. The lowest BCUT2D eigenvalue weighted by molar-refractivity contribution is -0.0925. The number of aromatic amines is 1. The SMILES string of the molecule is COCc1nc(-c2ccc3ncc(CNc4cc(-c5noc(C6CC(F)(F)C6)n5)ccc4C)n3c2)n[nH]1. The number of aromatic nitrogens is 7. The second-order valence-electron chi connectivity index (χ2n) is 9.23. The first-order valence-electron chi connectivity index (χ1n) is 11.8. The highest BCUT2D eigenvalue weighted by Crippen LogP contribution is 2.48. The Balaban J connectivity index is 1.20. The molecule has 1 aliphatic rings. The molecule has 37 heavy (non-hydrogen) atoms. The minimum absolute atomic E-state index is 0.249. The molecule has 0 atom stereocenters. The number of rotatable bonds is 8. The fourth-order valence-electron chi connectivity index (χ4n) is 4.41. The van der Waals surface area contributed by atoms with Crippen LogP contribution in [0, 0.1) is 6.92 Å². The first-order chi connectivity index (χ1) is 17.9. The van der Waals surface area contributed by atoms with Crippen molar-refractivity contribution >= 4 is 11.3 Å². The highest BCUT2D eigenvalue weighted by atomic mass is 19.3. The zero-order valence-electron chi connectivity index (χ0n) is 20.2. The average Bonchev–Trinajstić information content (AvgIpc) is 3.62. The topological polar surface area (TPSA) is 119 Å². The van der Waals surface area contributed by atoms with Gasteiger partial charge in [-0.25, -0.2) is 18.7 Å². The fourth-order valence-corrected chi connectivity index (χ4v) is 4.41. The fraction of sp³-hybridized carbons (Fsp3) is 0.320. The van der Waals surface area contributed by atoms with Crippen molar-refractivity contribution in [3.8, 4) is 22.8 Å². The van der Waals surface area contributed by atoms with Crippen LogP contribution in [0.15, 0.2) is 47.2 Å². The number of halogens is 2.